The number of benzene rings is 7. The van der Waals surface area contributed by atoms with Gasteiger partial charge in [0.2, 0.25) is 0 Å². The van der Waals surface area contributed by atoms with E-state index in [1.54, 1.807) is 0 Å². The molecule has 0 saturated carbocycles. The molecule has 0 amide bonds. The average Bonchev–Trinajstić information content (AvgIpc) is 3.55. The van der Waals surface area contributed by atoms with Gasteiger partial charge in [0.1, 0.15) is 0 Å². The molecule has 0 radical (unpaired) electrons. The molecule has 0 spiro atoms. The van der Waals surface area contributed by atoms with Gasteiger partial charge in [0.05, 0.1) is 22.3 Å². The van der Waals surface area contributed by atoms with Crippen molar-refractivity contribution < 1.29 is 0 Å². The smallest absolute Gasteiger partial charge is 0.0858 e. The van der Waals surface area contributed by atoms with Gasteiger partial charge in [-0.05, 0) is 110 Å². The van der Waals surface area contributed by atoms with Crippen molar-refractivity contribution in [2.75, 3.05) is 0 Å². The van der Waals surface area contributed by atoms with Gasteiger partial charge in [-0.15, -0.1) is 0 Å². The lowest BCUT2D eigenvalue weighted by atomic mass is 9.67. The Hall–Kier alpha value is -6.64. The van der Waals surface area contributed by atoms with Crippen LogP contribution in [-0.4, -0.2) is 10.7 Å². The van der Waals surface area contributed by atoms with Crippen LogP contribution in [0.4, 0.5) is 0 Å². The molecule has 2 nitrogen and oxygen atoms in total. The number of fused-ring (bicyclic) bond motifs is 4. The first-order valence-electron chi connectivity index (χ1n) is 18.5. The van der Waals surface area contributed by atoms with Crippen LogP contribution in [0.2, 0.25) is 0 Å². The zero-order chi connectivity index (χ0) is 35.2. The van der Waals surface area contributed by atoms with Gasteiger partial charge in [0.25, 0.3) is 0 Å². The lowest BCUT2D eigenvalue weighted by molar-refractivity contribution is 0.769. The minimum Gasteiger partial charge on any atom is -0.259 e. The predicted molar refractivity (Wildman–Crippen MR) is 220 cm³/mol. The predicted octanol–water partition coefficient (Wildman–Crippen LogP) is 12.7. The SMILES string of the molecule is C1=CN=C(c2cc(-c3cccc(-c4cccc(-c5ccc6c(c5)C(c5ccccc5)(c5ccccc5)c5ccccc5-6)c4)c3)c3ccccc3n2)CC1. The molecule has 1 aliphatic heterocycles. The van der Waals surface area contributed by atoms with Crippen LogP contribution in [-0.2, 0) is 5.41 Å². The van der Waals surface area contributed by atoms with E-state index in [1.165, 1.54) is 66.8 Å². The second kappa shape index (κ2) is 12.8. The molecule has 0 fully saturated rings. The molecule has 10 rings (SSSR count). The van der Waals surface area contributed by atoms with Gasteiger partial charge in [-0.25, -0.2) is 4.98 Å². The molecule has 2 heterocycles. The summed E-state index contributed by atoms with van der Waals surface area (Å²) in [6.45, 7) is 0. The fraction of sp³-hybridized carbons (Fsp3) is 0.0588. The Labute approximate surface area is 310 Å². The molecule has 8 aromatic rings. The Kier molecular flexibility index (Phi) is 7.54. The van der Waals surface area contributed by atoms with Crippen molar-refractivity contribution in [3.63, 3.8) is 0 Å². The van der Waals surface area contributed by atoms with Crippen LogP contribution < -0.4 is 0 Å². The Morgan fingerprint density at radius 2 is 1.04 bits per heavy atom. The highest BCUT2D eigenvalue weighted by molar-refractivity contribution is 6.05. The summed E-state index contributed by atoms with van der Waals surface area (Å²) in [6, 6.07) is 66.6. The zero-order valence-corrected chi connectivity index (χ0v) is 29.3. The monoisotopic (exact) mass is 676 g/mol. The Bertz CT molecular complexity index is 2680. The number of hydrogen-bond acceptors (Lipinski definition) is 2. The first-order chi connectivity index (χ1) is 26.3. The second-order valence-electron chi connectivity index (χ2n) is 14.0. The number of allylic oxidation sites excluding steroid dienone is 1. The molecule has 0 unspecified atom stereocenters. The lowest BCUT2D eigenvalue weighted by Gasteiger charge is -2.34. The minimum atomic E-state index is -0.429. The molecular weight excluding hydrogens is 641 g/mol. The Balaban J connectivity index is 1.10. The molecule has 0 atom stereocenters. The third-order valence-electron chi connectivity index (χ3n) is 11.1. The van der Waals surface area contributed by atoms with Crippen LogP contribution in [0.15, 0.2) is 199 Å². The molecule has 1 aromatic heterocycles. The summed E-state index contributed by atoms with van der Waals surface area (Å²) >= 11 is 0. The maximum atomic E-state index is 5.03. The van der Waals surface area contributed by atoms with Crippen molar-refractivity contribution in [2.45, 2.75) is 18.3 Å². The zero-order valence-electron chi connectivity index (χ0n) is 29.3. The van der Waals surface area contributed by atoms with Crippen LogP contribution in [0.3, 0.4) is 0 Å². The summed E-state index contributed by atoms with van der Waals surface area (Å²) in [7, 11) is 0. The highest BCUT2D eigenvalue weighted by Gasteiger charge is 2.46. The van der Waals surface area contributed by atoms with E-state index >= 15 is 0 Å². The van der Waals surface area contributed by atoms with Gasteiger partial charge in [-0.3, -0.25) is 4.99 Å². The van der Waals surface area contributed by atoms with Crippen LogP contribution in [0.25, 0.3) is 55.4 Å². The van der Waals surface area contributed by atoms with Crippen molar-refractivity contribution in [1.29, 1.82) is 0 Å². The van der Waals surface area contributed by atoms with Gasteiger partial charge in [0, 0.05) is 11.6 Å². The Morgan fingerprint density at radius 1 is 0.434 bits per heavy atom. The molecule has 7 aromatic carbocycles. The number of aliphatic imine (C=N–C) groups is 1. The summed E-state index contributed by atoms with van der Waals surface area (Å²) < 4.78 is 0. The first kappa shape index (κ1) is 31.1. The summed E-state index contributed by atoms with van der Waals surface area (Å²) in [5.74, 6) is 0. The number of pyridine rings is 1. The summed E-state index contributed by atoms with van der Waals surface area (Å²) in [6.07, 6.45) is 5.92. The van der Waals surface area contributed by atoms with E-state index < -0.39 is 5.41 Å². The molecule has 53 heavy (non-hydrogen) atoms. The number of para-hydroxylation sites is 1. The first-order valence-corrected chi connectivity index (χ1v) is 18.5. The van der Waals surface area contributed by atoms with E-state index in [4.69, 9.17) is 9.98 Å². The molecule has 250 valence electrons. The molecule has 0 N–H and O–H groups in total. The fourth-order valence-electron chi connectivity index (χ4n) is 8.63. The minimum absolute atomic E-state index is 0.429. The summed E-state index contributed by atoms with van der Waals surface area (Å²) in [4.78, 5) is 9.73. The summed E-state index contributed by atoms with van der Waals surface area (Å²) in [5, 5.41) is 1.15. The van der Waals surface area contributed by atoms with Gasteiger partial charge in [-0.2, -0.15) is 0 Å². The molecule has 2 aliphatic rings. The lowest BCUT2D eigenvalue weighted by Crippen LogP contribution is -2.28. The summed E-state index contributed by atoms with van der Waals surface area (Å²) in [5.41, 5.74) is 17.5. The van der Waals surface area contributed by atoms with Crippen LogP contribution in [0.1, 0.15) is 40.8 Å². The van der Waals surface area contributed by atoms with Crippen LogP contribution in [0.5, 0.6) is 0 Å². The number of hydrogen-bond donors (Lipinski definition) is 0. The highest BCUT2D eigenvalue weighted by Crippen LogP contribution is 2.56. The number of rotatable bonds is 6. The van der Waals surface area contributed by atoms with Crippen molar-refractivity contribution >= 4 is 16.6 Å². The third kappa shape index (κ3) is 5.18. The molecular formula is C51H36N2. The van der Waals surface area contributed by atoms with E-state index in [1.807, 2.05) is 6.20 Å². The van der Waals surface area contributed by atoms with Crippen molar-refractivity contribution in [3.05, 3.63) is 222 Å². The van der Waals surface area contributed by atoms with E-state index in [2.05, 4.69) is 188 Å². The highest BCUT2D eigenvalue weighted by atomic mass is 14.8. The van der Waals surface area contributed by atoms with Gasteiger partial charge < -0.3 is 0 Å². The van der Waals surface area contributed by atoms with Crippen molar-refractivity contribution in [3.8, 4) is 44.5 Å². The Morgan fingerprint density at radius 3 is 1.75 bits per heavy atom. The van der Waals surface area contributed by atoms with Gasteiger partial charge >= 0.3 is 0 Å². The largest absolute Gasteiger partial charge is 0.259 e. The fourth-order valence-corrected chi connectivity index (χ4v) is 8.63. The molecule has 0 bridgehead atoms. The van der Waals surface area contributed by atoms with E-state index in [0.29, 0.717) is 0 Å². The number of nitrogens with zero attached hydrogens (tertiary/aromatic N) is 2. The van der Waals surface area contributed by atoms with E-state index in [-0.39, 0.29) is 0 Å². The van der Waals surface area contributed by atoms with Crippen LogP contribution >= 0.6 is 0 Å². The number of aromatic nitrogens is 1. The van der Waals surface area contributed by atoms with Gasteiger partial charge in [0.15, 0.2) is 0 Å². The maximum absolute atomic E-state index is 5.03. The average molecular weight is 677 g/mol. The third-order valence-corrected chi connectivity index (χ3v) is 11.1. The maximum Gasteiger partial charge on any atom is 0.0858 e. The van der Waals surface area contributed by atoms with E-state index in [0.717, 1.165) is 35.2 Å². The van der Waals surface area contributed by atoms with Crippen LogP contribution in [0, 0.1) is 0 Å². The standard InChI is InChI=1S/C51H36N2/c1-3-19-40(20-4-1)51(41-21-5-2-6-22-41)46-25-9-7-23-42(46)43-29-28-38(33-47(43)51)36-16-13-15-35(31-36)37-17-14-18-39(32-37)45-34-50(49-27-11-12-30-52-49)53-48-26-10-8-24-44(45)48/h1-10,12-26,28-34H,11,27H2. The topological polar surface area (TPSA) is 25.2 Å². The molecule has 0 saturated heterocycles. The normalized spacial score (nSPS) is 14.1. The van der Waals surface area contributed by atoms with Gasteiger partial charge in [-0.1, -0.05) is 158 Å². The van der Waals surface area contributed by atoms with Crippen molar-refractivity contribution in [2.24, 2.45) is 4.99 Å². The molecule has 2 heteroatoms. The second-order valence-corrected chi connectivity index (χ2v) is 14.0. The quantitative estimate of drug-likeness (QED) is 0.172. The van der Waals surface area contributed by atoms with E-state index in [9.17, 15) is 0 Å². The van der Waals surface area contributed by atoms with Crippen molar-refractivity contribution in [1.82, 2.24) is 4.98 Å². The molecule has 1 aliphatic carbocycles.